The third kappa shape index (κ3) is 3.42. The predicted molar refractivity (Wildman–Crippen MR) is 115 cm³/mol. The summed E-state index contributed by atoms with van der Waals surface area (Å²) < 4.78 is 0. The maximum atomic E-state index is 9.88. The van der Waals surface area contributed by atoms with E-state index in [4.69, 9.17) is 16.9 Å². The molecule has 3 aromatic rings. The van der Waals surface area contributed by atoms with Gasteiger partial charge in [-0.3, -0.25) is 0 Å². The highest BCUT2D eigenvalue weighted by Gasteiger charge is 2.35. The predicted octanol–water partition coefficient (Wildman–Crippen LogP) is 3.96. The van der Waals surface area contributed by atoms with E-state index in [0.29, 0.717) is 40.0 Å². The normalized spacial score (nSPS) is 16.8. The zero-order valence-corrected chi connectivity index (χ0v) is 16.8. The standard InChI is InChI=1S/C22H17ClN6O/c1-22(12-30)11-27-20-15(10-25)7-14(8-16(20)22)18-4-5-26-21(28-18)29-19-6-13(9-24)2-3-17(19)23/h2-8,27,30H,11-12H2,1H3,(H,26,28,29). The minimum absolute atomic E-state index is 0.0361. The van der Waals surface area contributed by atoms with Crippen molar-refractivity contribution in [3.8, 4) is 23.4 Å². The molecular weight excluding hydrogens is 400 g/mol. The molecule has 0 radical (unpaired) electrons. The Morgan fingerprint density at radius 1 is 1.23 bits per heavy atom. The molecule has 0 saturated heterocycles. The van der Waals surface area contributed by atoms with Gasteiger partial charge in [-0.2, -0.15) is 10.5 Å². The first-order valence-corrected chi connectivity index (χ1v) is 9.58. The summed E-state index contributed by atoms with van der Waals surface area (Å²) >= 11 is 6.22. The minimum atomic E-state index is -0.476. The second kappa shape index (κ2) is 7.64. The first-order valence-electron chi connectivity index (χ1n) is 9.21. The summed E-state index contributed by atoms with van der Waals surface area (Å²) in [5, 5.41) is 35.3. The lowest BCUT2D eigenvalue weighted by atomic mass is 9.83. The van der Waals surface area contributed by atoms with Crippen molar-refractivity contribution in [2.24, 2.45) is 0 Å². The van der Waals surface area contributed by atoms with E-state index < -0.39 is 5.41 Å². The lowest BCUT2D eigenvalue weighted by molar-refractivity contribution is 0.219. The van der Waals surface area contributed by atoms with E-state index in [0.717, 1.165) is 16.8 Å². The Morgan fingerprint density at radius 3 is 2.80 bits per heavy atom. The molecule has 0 fully saturated rings. The van der Waals surface area contributed by atoms with Crippen LogP contribution in [0.15, 0.2) is 42.6 Å². The van der Waals surface area contributed by atoms with Gasteiger partial charge in [-0.1, -0.05) is 18.5 Å². The molecule has 1 unspecified atom stereocenters. The molecule has 8 heteroatoms. The maximum absolute atomic E-state index is 9.88. The average Bonchev–Trinajstić information content (AvgIpc) is 3.12. The van der Waals surface area contributed by atoms with E-state index in [1.165, 1.54) is 0 Å². The second-order valence-electron chi connectivity index (χ2n) is 7.33. The van der Waals surface area contributed by atoms with Crippen LogP contribution in [0.2, 0.25) is 5.02 Å². The van der Waals surface area contributed by atoms with Crippen molar-refractivity contribution in [3.05, 3.63) is 64.3 Å². The van der Waals surface area contributed by atoms with Crippen molar-refractivity contribution in [1.82, 2.24) is 9.97 Å². The molecule has 7 nitrogen and oxygen atoms in total. The monoisotopic (exact) mass is 416 g/mol. The largest absolute Gasteiger partial charge is 0.395 e. The van der Waals surface area contributed by atoms with Gasteiger partial charge in [0, 0.05) is 23.7 Å². The Balaban J connectivity index is 1.75. The zero-order valence-electron chi connectivity index (χ0n) is 16.1. The molecule has 1 aliphatic rings. The number of halogens is 1. The molecule has 0 amide bonds. The summed E-state index contributed by atoms with van der Waals surface area (Å²) in [7, 11) is 0. The van der Waals surface area contributed by atoms with Crippen molar-refractivity contribution in [2.45, 2.75) is 12.3 Å². The van der Waals surface area contributed by atoms with Crippen molar-refractivity contribution >= 4 is 28.9 Å². The second-order valence-corrected chi connectivity index (χ2v) is 7.73. The average molecular weight is 417 g/mol. The molecule has 1 aliphatic heterocycles. The van der Waals surface area contributed by atoms with Gasteiger partial charge >= 0.3 is 0 Å². The molecule has 0 spiro atoms. The van der Waals surface area contributed by atoms with Crippen molar-refractivity contribution < 1.29 is 5.11 Å². The smallest absolute Gasteiger partial charge is 0.227 e. The molecule has 1 aromatic heterocycles. The van der Waals surface area contributed by atoms with Gasteiger partial charge in [0.15, 0.2) is 0 Å². The Bertz CT molecular complexity index is 1230. The van der Waals surface area contributed by atoms with Crippen LogP contribution in [0.5, 0.6) is 0 Å². The highest BCUT2D eigenvalue weighted by atomic mass is 35.5. The van der Waals surface area contributed by atoms with Gasteiger partial charge in [-0.05, 0) is 42.0 Å². The maximum Gasteiger partial charge on any atom is 0.227 e. The number of fused-ring (bicyclic) bond motifs is 1. The lowest BCUT2D eigenvalue weighted by Gasteiger charge is -2.21. The number of aliphatic hydroxyl groups excluding tert-OH is 1. The number of nitriles is 2. The number of hydrogen-bond acceptors (Lipinski definition) is 7. The first-order chi connectivity index (χ1) is 14.5. The van der Waals surface area contributed by atoms with Gasteiger partial charge in [0.25, 0.3) is 0 Å². The van der Waals surface area contributed by atoms with Crippen LogP contribution < -0.4 is 10.6 Å². The summed E-state index contributed by atoms with van der Waals surface area (Å²) in [4.78, 5) is 8.79. The van der Waals surface area contributed by atoms with Crippen molar-refractivity contribution in [2.75, 3.05) is 23.8 Å². The highest BCUT2D eigenvalue weighted by Crippen LogP contribution is 2.41. The zero-order chi connectivity index (χ0) is 21.3. The Morgan fingerprint density at radius 2 is 2.07 bits per heavy atom. The van der Waals surface area contributed by atoms with Gasteiger partial charge in [-0.15, -0.1) is 0 Å². The molecule has 0 saturated carbocycles. The first kappa shape index (κ1) is 19.7. The number of benzene rings is 2. The molecule has 2 aromatic carbocycles. The van der Waals surface area contributed by atoms with E-state index >= 15 is 0 Å². The van der Waals surface area contributed by atoms with Gasteiger partial charge in [-0.25, -0.2) is 9.97 Å². The van der Waals surface area contributed by atoms with Crippen LogP contribution in [0.1, 0.15) is 23.6 Å². The van der Waals surface area contributed by atoms with Crippen LogP contribution in [-0.4, -0.2) is 28.2 Å². The molecule has 30 heavy (non-hydrogen) atoms. The number of rotatable bonds is 4. The summed E-state index contributed by atoms with van der Waals surface area (Å²) in [6, 6.07) is 14.6. The Kier molecular flexibility index (Phi) is 5.01. The molecular formula is C22H17ClN6O. The summed E-state index contributed by atoms with van der Waals surface area (Å²) in [6.45, 7) is 2.47. The molecule has 1 atom stereocenters. The van der Waals surface area contributed by atoms with Crippen LogP contribution >= 0.6 is 11.6 Å². The third-order valence-corrected chi connectivity index (χ3v) is 5.54. The number of anilines is 3. The van der Waals surface area contributed by atoms with Crippen LogP contribution in [0.3, 0.4) is 0 Å². The van der Waals surface area contributed by atoms with Crippen molar-refractivity contribution in [1.29, 1.82) is 10.5 Å². The van der Waals surface area contributed by atoms with E-state index in [9.17, 15) is 10.4 Å². The van der Waals surface area contributed by atoms with Gasteiger partial charge in [0.2, 0.25) is 5.95 Å². The molecule has 0 bridgehead atoms. The van der Waals surface area contributed by atoms with E-state index in [1.807, 2.05) is 13.0 Å². The molecule has 2 heterocycles. The van der Waals surface area contributed by atoms with Crippen LogP contribution in [0.4, 0.5) is 17.3 Å². The summed E-state index contributed by atoms with van der Waals surface area (Å²) in [6.07, 6.45) is 1.61. The topological polar surface area (TPSA) is 118 Å². The van der Waals surface area contributed by atoms with E-state index in [1.54, 1.807) is 36.5 Å². The minimum Gasteiger partial charge on any atom is -0.395 e. The number of nitrogens with zero attached hydrogens (tertiary/aromatic N) is 4. The molecule has 4 rings (SSSR count). The fraction of sp³-hybridized carbons (Fsp3) is 0.182. The molecule has 3 N–H and O–H groups in total. The van der Waals surface area contributed by atoms with Gasteiger partial charge in [0.1, 0.15) is 6.07 Å². The van der Waals surface area contributed by atoms with Crippen molar-refractivity contribution in [3.63, 3.8) is 0 Å². The molecule has 0 aliphatic carbocycles. The highest BCUT2D eigenvalue weighted by molar-refractivity contribution is 6.33. The number of aromatic nitrogens is 2. The van der Waals surface area contributed by atoms with Gasteiger partial charge in [0.05, 0.1) is 45.9 Å². The Labute approximate surface area is 178 Å². The van der Waals surface area contributed by atoms with Crippen LogP contribution in [0.25, 0.3) is 11.3 Å². The van der Waals surface area contributed by atoms with E-state index in [-0.39, 0.29) is 6.61 Å². The fourth-order valence-electron chi connectivity index (χ4n) is 3.46. The lowest BCUT2D eigenvalue weighted by Crippen LogP contribution is -2.28. The number of nitrogens with one attached hydrogen (secondary N) is 2. The SMILES string of the molecule is CC1(CO)CNc2c(C#N)cc(-c3ccnc(Nc4cc(C#N)ccc4Cl)n3)cc21. The quantitative estimate of drug-likeness (QED) is 0.589. The van der Waals surface area contributed by atoms with E-state index in [2.05, 4.69) is 32.7 Å². The number of aliphatic hydroxyl groups is 1. The summed E-state index contributed by atoms with van der Waals surface area (Å²) in [5.41, 5.74) is 4.01. The van der Waals surface area contributed by atoms with Crippen LogP contribution in [0, 0.1) is 22.7 Å². The summed E-state index contributed by atoms with van der Waals surface area (Å²) in [5.74, 6) is 0.312. The number of hydrogen-bond donors (Lipinski definition) is 3. The van der Waals surface area contributed by atoms with Crippen LogP contribution in [-0.2, 0) is 5.41 Å². The Hall–Kier alpha value is -3.65. The fourth-order valence-corrected chi connectivity index (χ4v) is 3.62. The third-order valence-electron chi connectivity index (χ3n) is 5.21. The molecule has 148 valence electrons. The van der Waals surface area contributed by atoms with Gasteiger partial charge < -0.3 is 15.7 Å².